The van der Waals surface area contributed by atoms with E-state index in [4.69, 9.17) is 5.26 Å². The van der Waals surface area contributed by atoms with E-state index in [0.717, 1.165) is 48.4 Å². The summed E-state index contributed by atoms with van der Waals surface area (Å²) in [5, 5.41) is 26.9. The smallest absolute Gasteiger partial charge is 0.126 e. The molecule has 5 rings (SSSR count). The predicted molar refractivity (Wildman–Crippen MR) is 150 cm³/mol. The Bertz CT molecular complexity index is 1220. The maximum absolute atomic E-state index is 9.99. The zero-order valence-electron chi connectivity index (χ0n) is 21.6. The number of piperidine rings is 1. The molecule has 2 fully saturated rings. The van der Waals surface area contributed by atoms with Gasteiger partial charge in [-0.3, -0.25) is 0 Å². The van der Waals surface area contributed by atoms with Gasteiger partial charge in [-0.15, -0.1) is 0 Å². The van der Waals surface area contributed by atoms with Crippen molar-refractivity contribution in [2.45, 2.75) is 69.7 Å². The van der Waals surface area contributed by atoms with E-state index < -0.39 is 6.10 Å². The van der Waals surface area contributed by atoms with Gasteiger partial charge in [0.05, 0.1) is 17.7 Å². The first kappa shape index (κ1) is 25.3. The fourth-order valence-electron chi connectivity index (χ4n) is 5.76. The molecule has 0 amide bonds. The average Bonchev–Trinajstić information content (AvgIpc) is 2.94. The number of nitrogens with one attached hydrogen (secondary N) is 2. The van der Waals surface area contributed by atoms with Gasteiger partial charge in [0.25, 0.3) is 0 Å². The van der Waals surface area contributed by atoms with Crippen molar-refractivity contribution in [1.29, 1.82) is 5.26 Å². The molecule has 1 aliphatic carbocycles. The molecule has 2 aromatic carbocycles. The third kappa shape index (κ3) is 6.30. The third-order valence-corrected chi connectivity index (χ3v) is 7.79. The molecule has 4 atom stereocenters. The summed E-state index contributed by atoms with van der Waals surface area (Å²) in [6, 6.07) is 23.6. The Morgan fingerprint density at radius 3 is 2.54 bits per heavy atom. The van der Waals surface area contributed by atoms with Crippen LogP contribution in [0.25, 0.3) is 11.1 Å². The summed E-state index contributed by atoms with van der Waals surface area (Å²) in [5.74, 6) is 0.904. The molecule has 2 aliphatic rings. The first-order valence-electron chi connectivity index (χ1n) is 13.6. The summed E-state index contributed by atoms with van der Waals surface area (Å²) >= 11 is 0. The van der Waals surface area contributed by atoms with Crippen LogP contribution < -0.4 is 15.5 Å². The van der Waals surface area contributed by atoms with Gasteiger partial charge in [-0.25, -0.2) is 4.98 Å². The number of pyridine rings is 1. The summed E-state index contributed by atoms with van der Waals surface area (Å²) in [6.07, 6.45) is 8.51. The lowest BCUT2D eigenvalue weighted by molar-refractivity contribution is 0.199. The highest BCUT2D eigenvalue weighted by atomic mass is 16.3. The van der Waals surface area contributed by atoms with Gasteiger partial charge in [0.15, 0.2) is 0 Å². The second-order valence-corrected chi connectivity index (χ2v) is 10.5. The Labute approximate surface area is 220 Å². The molecule has 1 saturated carbocycles. The SMILES string of the molecule is C[C@H](O)c1cccc(-c2ccnc(N[C@@H]3CCCC[C@H]3N[C@H]3CCCN(c4ccc(C#N)cc4)C3)c2)c1. The van der Waals surface area contributed by atoms with E-state index >= 15 is 0 Å². The van der Waals surface area contributed by atoms with Crippen LogP contribution in [0.4, 0.5) is 11.5 Å². The van der Waals surface area contributed by atoms with Crippen molar-refractivity contribution in [3.8, 4) is 17.2 Å². The minimum absolute atomic E-state index is 0.339. The van der Waals surface area contributed by atoms with Gasteiger partial charge >= 0.3 is 0 Å². The molecular weight excluding hydrogens is 458 g/mol. The molecule has 6 heteroatoms. The van der Waals surface area contributed by atoms with Crippen LogP contribution in [0.2, 0.25) is 0 Å². The summed E-state index contributed by atoms with van der Waals surface area (Å²) < 4.78 is 0. The van der Waals surface area contributed by atoms with Crippen LogP contribution in [0.1, 0.15) is 62.7 Å². The molecular formula is C31H37N5O. The van der Waals surface area contributed by atoms with Gasteiger partial charge in [-0.1, -0.05) is 31.0 Å². The lowest BCUT2D eigenvalue weighted by atomic mass is 9.89. The minimum atomic E-state index is -0.485. The summed E-state index contributed by atoms with van der Waals surface area (Å²) in [5.41, 5.74) is 5.02. The van der Waals surface area contributed by atoms with Crippen molar-refractivity contribution in [3.63, 3.8) is 0 Å². The van der Waals surface area contributed by atoms with Crippen molar-refractivity contribution in [3.05, 3.63) is 78.0 Å². The molecule has 0 radical (unpaired) electrons. The summed E-state index contributed by atoms with van der Waals surface area (Å²) in [7, 11) is 0. The molecule has 0 spiro atoms. The zero-order valence-corrected chi connectivity index (χ0v) is 21.6. The molecule has 3 N–H and O–H groups in total. The Morgan fingerprint density at radius 1 is 0.973 bits per heavy atom. The molecule has 37 heavy (non-hydrogen) atoms. The number of benzene rings is 2. The van der Waals surface area contributed by atoms with E-state index in [1.165, 1.54) is 31.4 Å². The molecule has 2 heterocycles. The Hall–Kier alpha value is -3.40. The topological polar surface area (TPSA) is 84.2 Å². The van der Waals surface area contributed by atoms with Gasteiger partial charge in [0, 0.05) is 43.1 Å². The first-order valence-corrected chi connectivity index (χ1v) is 13.6. The van der Waals surface area contributed by atoms with Crippen molar-refractivity contribution in [2.24, 2.45) is 0 Å². The summed E-state index contributed by atoms with van der Waals surface area (Å²) in [6.45, 7) is 3.84. The molecule has 0 unspecified atom stereocenters. The van der Waals surface area contributed by atoms with E-state index in [2.05, 4.69) is 56.9 Å². The van der Waals surface area contributed by atoms with Gasteiger partial charge < -0.3 is 20.6 Å². The van der Waals surface area contributed by atoms with Crippen LogP contribution in [-0.4, -0.2) is 41.3 Å². The highest BCUT2D eigenvalue weighted by Crippen LogP contribution is 2.28. The third-order valence-electron chi connectivity index (χ3n) is 7.79. The van der Waals surface area contributed by atoms with E-state index in [0.29, 0.717) is 23.7 Å². The van der Waals surface area contributed by atoms with Crippen LogP contribution in [-0.2, 0) is 0 Å². The number of aliphatic hydroxyl groups excluding tert-OH is 1. The van der Waals surface area contributed by atoms with E-state index in [9.17, 15) is 5.11 Å². The van der Waals surface area contributed by atoms with E-state index in [1.807, 2.05) is 36.5 Å². The molecule has 0 bridgehead atoms. The van der Waals surface area contributed by atoms with Crippen LogP contribution in [0, 0.1) is 11.3 Å². The van der Waals surface area contributed by atoms with Crippen molar-refractivity contribution >= 4 is 11.5 Å². The lowest BCUT2D eigenvalue weighted by Gasteiger charge is -2.40. The Kier molecular flexibility index (Phi) is 8.03. The number of nitrogens with zero attached hydrogens (tertiary/aromatic N) is 3. The molecule has 192 valence electrons. The zero-order chi connectivity index (χ0) is 25.6. The van der Waals surface area contributed by atoms with E-state index in [1.54, 1.807) is 6.92 Å². The van der Waals surface area contributed by atoms with Crippen molar-refractivity contribution < 1.29 is 5.11 Å². The van der Waals surface area contributed by atoms with Crippen LogP contribution in [0.5, 0.6) is 0 Å². The van der Waals surface area contributed by atoms with Gasteiger partial charge in [-0.2, -0.15) is 5.26 Å². The van der Waals surface area contributed by atoms with Crippen molar-refractivity contribution in [1.82, 2.24) is 10.3 Å². The Morgan fingerprint density at radius 2 is 1.76 bits per heavy atom. The fourth-order valence-corrected chi connectivity index (χ4v) is 5.76. The van der Waals surface area contributed by atoms with Gasteiger partial charge in [0.1, 0.15) is 5.82 Å². The monoisotopic (exact) mass is 495 g/mol. The van der Waals surface area contributed by atoms with Crippen LogP contribution in [0.3, 0.4) is 0 Å². The maximum atomic E-state index is 9.99. The number of hydrogen-bond donors (Lipinski definition) is 3. The highest BCUT2D eigenvalue weighted by Gasteiger charge is 2.29. The largest absolute Gasteiger partial charge is 0.389 e. The second-order valence-electron chi connectivity index (χ2n) is 10.5. The molecule has 3 aromatic rings. The highest BCUT2D eigenvalue weighted by molar-refractivity contribution is 5.67. The number of hydrogen-bond acceptors (Lipinski definition) is 6. The van der Waals surface area contributed by atoms with Crippen LogP contribution >= 0.6 is 0 Å². The molecule has 1 saturated heterocycles. The minimum Gasteiger partial charge on any atom is -0.389 e. The second kappa shape index (κ2) is 11.8. The standard InChI is InChI=1S/C31H37N5O/c1-22(37)24-6-4-7-25(18-24)26-15-16-33-31(19-26)35-30-10-3-2-9-29(30)34-27-8-5-17-36(21-27)28-13-11-23(20-32)12-14-28/h4,6-7,11-16,18-19,22,27,29-30,34,37H,2-3,5,8-10,17,21H2,1H3,(H,33,35)/t22-,27-,29+,30+/m0/s1. The average molecular weight is 496 g/mol. The number of rotatable bonds is 7. The maximum Gasteiger partial charge on any atom is 0.126 e. The fraction of sp³-hybridized carbons (Fsp3) is 0.419. The number of aromatic nitrogens is 1. The number of anilines is 2. The number of aliphatic hydroxyl groups is 1. The van der Waals surface area contributed by atoms with Gasteiger partial charge in [0.2, 0.25) is 0 Å². The molecule has 1 aromatic heterocycles. The first-order chi connectivity index (χ1) is 18.1. The van der Waals surface area contributed by atoms with Crippen molar-refractivity contribution in [2.75, 3.05) is 23.3 Å². The van der Waals surface area contributed by atoms with E-state index in [-0.39, 0.29) is 0 Å². The summed E-state index contributed by atoms with van der Waals surface area (Å²) in [4.78, 5) is 7.09. The van der Waals surface area contributed by atoms with Crippen LogP contribution in [0.15, 0.2) is 66.9 Å². The Balaban J connectivity index is 1.25. The lowest BCUT2D eigenvalue weighted by Crippen LogP contribution is -2.54. The molecule has 1 aliphatic heterocycles. The normalized spacial score (nSPS) is 22.7. The molecule has 6 nitrogen and oxygen atoms in total. The van der Waals surface area contributed by atoms with Gasteiger partial charge in [-0.05, 0) is 91.8 Å². The predicted octanol–water partition coefficient (Wildman–Crippen LogP) is 5.66. The quantitative estimate of drug-likeness (QED) is 0.393. The number of nitriles is 1.